The third-order valence-corrected chi connectivity index (χ3v) is 3.25. The van der Waals surface area contributed by atoms with Crippen molar-refractivity contribution in [3.63, 3.8) is 0 Å². The second-order valence-electron chi connectivity index (χ2n) is 4.74. The summed E-state index contributed by atoms with van der Waals surface area (Å²) in [5.41, 5.74) is 3.39. The fourth-order valence-corrected chi connectivity index (χ4v) is 2.11. The third kappa shape index (κ3) is 3.13. The van der Waals surface area contributed by atoms with Crippen molar-refractivity contribution in [3.8, 4) is 0 Å². The molecule has 0 aromatic heterocycles. The first kappa shape index (κ1) is 15.3. The normalized spacial score (nSPS) is 9.55. The van der Waals surface area contributed by atoms with Gasteiger partial charge >= 0.3 is 0 Å². The van der Waals surface area contributed by atoms with E-state index in [1.165, 1.54) is 12.2 Å². The number of ketones is 1. The maximum atomic E-state index is 12.5. The lowest BCUT2D eigenvalue weighted by atomic mass is 9.99. The fraction of sp³-hybridized carbons (Fsp3) is 0.118. The predicted octanol–water partition coefficient (Wildman–Crippen LogP) is 3.47. The van der Waals surface area contributed by atoms with Gasteiger partial charge in [-0.3, -0.25) is 4.79 Å². The van der Waals surface area contributed by atoms with Gasteiger partial charge in [0, 0.05) is 11.1 Å². The zero-order valence-corrected chi connectivity index (χ0v) is 12.1. The van der Waals surface area contributed by atoms with Gasteiger partial charge < -0.3 is 0 Å². The number of hydrogen-bond acceptors (Lipinski definition) is 5. The molecular formula is C17H12N2O3. The molecule has 0 saturated heterocycles. The van der Waals surface area contributed by atoms with Crippen molar-refractivity contribution in [3.05, 3.63) is 58.7 Å². The summed E-state index contributed by atoms with van der Waals surface area (Å²) in [5.74, 6) is -0.158. The van der Waals surface area contributed by atoms with Crippen LogP contribution in [0.5, 0.6) is 0 Å². The van der Waals surface area contributed by atoms with Crippen LogP contribution in [0.4, 0.5) is 11.4 Å². The average molecular weight is 292 g/mol. The van der Waals surface area contributed by atoms with Crippen LogP contribution in [0.25, 0.3) is 0 Å². The van der Waals surface area contributed by atoms with E-state index in [-0.39, 0.29) is 5.78 Å². The SMILES string of the molecule is Cc1cc(C(=O)c2ccc(N=C=O)c(C)c2)ccc1N=C=O. The Morgan fingerprint density at radius 3 is 1.55 bits per heavy atom. The molecule has 0 bridgehead atoms. The molecule has 0 aliphatic heterocycles. The van der Waals surface area contributed by atoms with Crippen LogP contribution in [-0.2, 0) is 9.59 Å². The van der Waals surface area contributed by atoms with Crippen LogP contribution in [-0.4, -0.2) is 17.9 Å². The minimum absolute atomic E-state index is 0.158. The number of benzene rings is 2. The van der Waals surface area contributed by atoms with E-state index < -0.39 is 0 Å². The van der Waals surface area contributed by atoms with Crippen LogP contribution in [0.2, 0.25) is 0 Å². The van der Waals surface area contributed by atoms with Crippen LogP contribution in [0.15, 0.2) is 46.4 Å². The Kier molecular flexibility index (Phi) is 4.54. The molecular weight excluding hydrogens is 280 g/mol. The summed E-state index contributed by atoms with van der Waals surface area (Å²) < 4.78 is 0. The molecule has 0 amide bonds. The molecule has 2 aromatic carbocycles. The van der Waals surface area contributed by atoms with Crippen LogP contribution in [0.1, 0.15) is 27.0 Å². The number of carbonyl (C=O) groups excluding carboxylic acids is 3. The molecule has 22 heavy (non-hydrogen) atoms. The monoisotopic (exact) mass is 292 g/mol. The maximum absolute atomic E-state index is 12.5. The number of nitrogens with zero attached hydrogens (tertiary/aromatic N) is 2. The van der Waals surface area contributed by atoms with Gasteiger partial charge in [0.2, 0.25) is 12.2 Å². The average Bonchev–Trinajstić information content (AvgIpc) is 2.51. The topological polar surface area (TPSA) is 75.9 Å². The van der Waals surface area contributed by atoms with Gasteiger partial charge in [-0.15, -0.1) is 0 Å². The molecule has 0 fully saturated rings. The maximum Gasteiger partial charge on any atom is 0.240 e. The minimum atomic E-state index is -0.158. The van der Waals surface area contributed by atoms with Crippen LogP contribution < -0.4 is 0 Å². The van der Waals surface area contributed by atoms with Gasteiger partial charge in [-0.25, -0.2) is 9.59 Å². The highest BCUT2D eigenvalue weighted by atomic mass is 16.1. The third-order valence-electron chi connectivity index (χ3n) is 3.25. The van der Waals surface area contributed by atoms with Crippen molar-refractivity contribution in [2.45, 2.75) is 13.8 Å². The molecule has 0 aliphatic carbocycles. The summed E-state index contributed by atoms with van der Waals surface area (Å²) in [5, 5.41) is 0. The number of aliphatic imine (C=N–C) groups is 2. The van der Waals surface area contributed by atoms with Gasteiger partial charge in [0.15, 0.2) is 5.78 Å². The molecule has 0 unspecified atom stereocenters. The molecule has 2 aromatic rings. The van der Waals surface area contributed by atoms with Crippen molar-refractivity contribution in [1.29, 1.82) is 0 Å². The van der Waals surface area contributed by atoms with E-state index in [0.717, 1.165) is 0 Å². The summed E-state index contributed by atoms with van der Waals surface area (Å²) in [7, 11) is 0. The second kappa shape index (κ2) is 6.55. The summed E-state index contributed by atoms with van der Waals surface area (Å²) in [6, 6.07) is 9.77. The molecule has 0 radical (unpaired) electrons. The summed E-state index contributed by atoms with van der Waals surface area (Å²) in [6.07, 6.45) is 2.96. The Labute approximate surface area is 127 Å². The quantitative estimate of drug-likeness (QED) is 0.492. The van der Waals surface area contributed by atoms with Gasteiger partial charge in [0.1, 0.15) is 0 Å². The van der Waals surface area contributed by atoms with Gasteiger partial charge in [0.05, 0.1) is 11.4 Å². The molecule has 0 N–H and O–H groups in total. The zero-order chi connectivity index (χ0) is 16.1. The van der Waals surface area contributed by atoms with Gasteiger partial charge in [-0.1, -0.05) is 0 Å². The van der Waals surface area contributed by atoms with E-state index in [2.05, 4.69) is 9.98 Å². The first-order chi connectivity index (χ1) is 10.6. The van der Waals surface area contributed by atoms with E-state index in [4.69, 9.17) is 0 Å². The number of aryl methyl sites for hydroxylation is 2. The Balaban J connectivity index is 2.40. The van der Waals surface area contributed by atoms with Gasteiger partial charge in [-0.2, -0.15) is 9.98 Å². The fourth-order valence-electron chi connectivity index (χ4n) is 2.11. The summed E-state index contributed by atoms with van der Waals surface area (Å²) in [6.45, 7) is 3.53. The molecule has 0 heterocycles. The van der Waals surface area contributed by atoms with Crippen molar-refractivity contribution in [2.24, 2.45) is 9.98 Å². The van der Waals surface area contributed by atoms with Crippen molar-refractivity contribution in [2.75, 3.05) is 0 Å². The largest absolute Gasteiger partial charge is 0.289 e. The lowest BCUT2D eigenvalue weighted by molar-refractivity contribution is 0.103. The number of isocyanates is 2. The zero-order valence-electron chi connectivity index (χ0n) is 12.1. The molecule has 108 valence electrons. The predicted molar refractivity (Wildman–Crippen MR) is 81.4 cm³/mol. The molecule has 0 aliphatic rings. The van der Waals surface area contributed by atoms with E-state index >= 15 is 0 Å². The van der Waals surface area contributed by atoms with Gasteiger partial charge in [-0.05, 0) is 61.4 Å². The van der Waals surface area contributed by atoms with Gasteiger partial charge in [0.25, 0.3) is 0 Å². The summed E-state index contributed by atoms with van der Waals surface area (Å²) in [4.78, 5) is 40.2. The van der Waals surface area contributed by atoms with E-state index in [1.54, 1.807) is 50.2 Å². The lowest BCUT2D eigenvalue weighted by Gasteiger charge is -2.06. The minimum Gasteiger partial charge on any atom is -0.289 e. The first-order valence-electron chi connectivity index (χ1n) is 6.48. The van der Waals surface area contributed by atoms with E-state index in [1.807, 2.05) is 0 Å². The highest BCUT2D eigenvalue weighted by Crippen LogP contribution is 2.23. The lowest BCUT2D eigenvalue weighted by Crippen LogP contribution is -2.02. The van der Waals surface area contributed by atoms with E-state index in [0.29, 0.717) is 33.6 Å². The highest BCUT2D eigenvalue weighted by molar-refractivity contribution is 6.09. The Morgan fingerprint density at radius 2 is 1.23 bits per heavy atom. The summed E-state index contributed by atoms with van der Waals surface area (Å²) >= 11 is 0. The molecule has 0 atom stereocenters. The van der Waals surface area contributed by atoms with Crippen molar-refractivity contribution < 1.29 is 14.4 Å². The van der Waals surface area contributed by atoms with Crippen LogP contribution >= 0.6 is 0 Å². The Morgan fingerprint density at radius 1 is 0.818 bits per heavy atom. The Hall–Kier alpha value is -3.13. The molecule has 0 saturated carbocycles. The van der Waals surface area contributed by atoms with E-state index in [9.17, 15) is 14.4 Å². The molecule has 5 nitrogen and oxygen atoms in total. The second-order valence-corrected chi connectivity index (χ2v) is 4.74. The molecule has 2 rings (SSSR count). The van der Waals surface area contributed by atoms with Crippen molar-refractivity contribution >= 4 is 29.3 Å². The smallest absolute Gasteiger partial charge is 0.240 e. The number of rotatable bonds is 4. The number of carbonyl (C=O) groups is 1. The highest BCUT2D eigenvalue weighted by Gasteiger charge is 2.12. The standard InChI is InChI=1S/C17H12N2O3/c1-11-7-13(3-5-15(11)18-9-20)17(22)14-4-6-16(19-10-21)12(2)8-14/h3-8H,1-2H3. The van der Waals surface area contributed by atoms with Crippen LogP contribution in [0, 0.1) is 13.8 Å². The van der Waals surface area contributed by atoms with Crippen molar-refractivity contribution in [1.82, 2.24) is 0 Å². The van der Waals surface area contributed by atoms with Crippen LogP contribution in [0.3, 0.4) is 0 Å². The first-order valence-corrected chi connectivity index (χ1v) is 6.48. The molecule has 0 spiro atoms. The number of hydrogen-bond donors (Lipinski definition) is 0. The molecule has 5 heteroatoms. The Bertz CT molecular complexity index is 773.